The molecule has 1 aliphatic heterocycles. The summed E-state index contributed by atoms with van der Waals surface area (Å²) in [4.78, 5) is 28.5. The first kappa shape index (κ1) is 14.2. The van der Waals surface area contributed by atoms with E-state index in [4.69, 9.17) is 4.74 Å². The minimum atomic E-state index is -0.483. The van der Waals surface area contributed by atoms with Crippen LogP contribution in [0.25, 0.3) is 0 Å². The SMILES string of the molecule is CCOC(=O)C1CCCN1c1nc(C)ccc1[N+](=O)[O-]. The van der Waals surface area contributed by atoms with Crippen LogP contribution in [-0.2, 0) is 9.53 Å². The number of hydrogen-bond donors (Lipinski definition) is 0. The summed E-state index contributed by atoms with van der Waals surface area (Å²) in [6.07, 6.45) is 1.42. The summed E-state index contributed by atoms with van der Waals surface area (Å²) in [5, 5.41) is 11.1. The van der Waals surface area contributed by atoms with Gasteiger partial charge >= 0.3 is 11.7 Å². The van der Waals surface area contributed by atoms with Gasteiger partial charge in [-0.25, -0.2) is 9.78 Å². The highest BCUT2D eigenvalue weighted by Crippen LogP contribution is 2.32. The lowest BCUT2D eigenvalue weighted by Crippen LogP contribution is -2.38. The molecule has 1 atom stereocenters. The average Bonchev–Trinajstić information content (AvgIpc) is 2.87. The lowest BCUT2D eigenvalue weighted by molar-refractivity contribution is -0.384. The third-order valence-corrected chi connectivity index (χ3v) is 3.27. The highest BCUT2D eigenvalue weighted by Gasteiger charge is 2.36. The molecule has 0 saturated carbocycles. The van der Waals surface area contributed by atoms with E-state index < -0.39 is 11.0 Å². The van der Waals surface area contributed by atoms with E-state index in [2.05, 4.69) is 4.98 Å². The monoisotopic (exact) mass is 279 g/mol. The number of rotatable bonds is 4. The van der Waals surface area contributed by atoms with Gasteiger partial charge in [-0.1, -0.05) is 0 Å². The van der Waals surface area contributed by atoms with Crippen LogP contribution in [0, 0.1) is 17.0 Å². The molecule has 0 amide bonds. The van der Waals surface area contributed by atoms with E-state index in [9.17, 15) is 14.9 Å². The number of esters is 1. The van der Waals surface area contributed by atoms with Crippen LogP contribution in [0.3, 0.4) is 0 Å². The smallest absolute Gasteiger partial charge is 0.328 e. The van der Waals surface area contributed by atoms with Gasteiger partial charge in [0.05, 0.1) is 11.5 Å². The molecule has 1 fully saturated rings. The van der Waals surface area contributed by atoms with Gasteiger partial charge in [-0.15, -0.1) is 0 Å². The predicted octanol–water partition coefficient (Wildman–Crippen LogP) is 1.83. The molecule has 1 aromatic heterocycles. The van der Waals surface area contributed by atoms with Crippen molar-refractivity contribution in [3.05, 3.63) is 27.9 Å². The second-order valence-electron chi connectivity index (χ2n) is 4.66. The highest BCUT2D eigenvalue weighted by molar-refractivity contribution is 5.81. The number of ether oxygens (including phenoxy) is 1. The molecule has 2 heterocycles. The molecule has 0 aromatic carbocycles. The molecule has 108 valence electrons. The predicted molar refractivity (Wildman–Crippen MR) is 72.6 cm³/mol. The number of pyridine rings is 1. The Morgan fingerprint density at radius 1 is 1.60 bits per heavy atom. The first-order valence-electron chi connectivity index (χ1n) is 6.60. The number of anilines is 1. The van der Waals surface area contributed by atoms with Gasteiger partial charge in [0.2, 0.25) is 5.82 Å². The minimum Gasteiger partial charge on any atom is -0.464 e. The van der Waals surface area contributed by atoms with E-state index in [1.165, 1.54) is 6.07 Å². The molecule has 20 heavy (non-hydrogen) atoms. The van der Waals surface area contributed by atoms with Crippen LogP contribution in [-0.4, -0.2) is 35.1 Å². The maximum absolute atomic E-state index is 11.9. The first-order chi connectivity index (χ1) is 9.54. The van der Waals surface area contributed by atoms with E-state index in [0.29, 0.717) is 25.3 Å². The Morgan fingerprint density at radius 3 is 3.00 bits per heavy atom. The molecular weight excluding hydrogens is 262 g/mol. The Bertz CT molecular complexity index is 532. The fraction of sp³-hybridized carbons (Fsp3) is 0.538. The zero-order valence-electron chi connectivity index (χ0n) is 11.5. The van der Waals surface area contributed by atoms with Crippen molar-refractivity contribution in [2.45, 2.75) is 32.7 Å². The van der Waals surface area contributed by atoms with Crippen LogP contribution < -0.4 is 4.90 Å². The molecule has 7 heteroatoms. The maximum Gasteiger partial charge on any atom is 0.328 e. The van der Waals surface area contributed by atoms with Crippen LogP contribution in [0.15, 0.2) is 12.1 Å². The topological polar surface area (TPSA) is 85.6 Å². The summed E-state index contributed by atoms with van der Waals surface area (Å²) >= 11 is 0. The zero-order chi connectivity index (χ0) is 14.7. The molecule has 1 aromatic rings. The third-order valence-electron chi connectivity index (χ3n) is 3.27. The molecule has 0 N–H and O–H groups in total. The first-order valence-corrected chi connectivity index (χ1v) is 6.60. The van der Waals surface area contributed by atoms with Crippen molar-refractivity contribution in [1.29, 1.82) is 0 Å². The fourth-order valence-electron chi connectivity index (χ4n) is 2.39. The number of aromatic nitrogens is 1. The fourth-order valence-corrected chi connectivity index (χ4v) is 2.39. The van der Waals surface area contributed by atoms with Gasteiger partial charge in [-0.3, -0.25) is 10.1 Å². The van der Waals surface area contributed by atoms with Crippen molar-refractivity contribution in [3.8, 4) is 0 Å². The van der Waals surface area contributed by atoms with Crippen LogP contribution in [0.5, 0.6) is 0 Å². The summed E-state index contributed by atoms with van der Waals surface area (Å²) in [6.45, 7) is 4.38. The zero-order valence-corrected chi connectivity index (χ0v) is 11.5. The van der Waals surface area contributed by atoms with Gasteiger partial charge in [0.15, 0.2) is 0 Å². The Labute approximate surface area is 116 Å². The second kappa shape index (κ2) is 5.85. The van der Waals surface area contributed by atoms with Crippen LogP contribution in [0.1, 0.15) is 25.5 Å². The number of nitro groups is 1. The van der Waals surface area contributed by atoms with Crippen molar-refractivity contribution < 1.29 is 14.5 Å². The highest BCUT2D eigenvalue weighted by atomic mass is 16.6. The van der Waals surface area contributed by atoms with Gasteiger partial charge in [-0.2, -0.15) is 0 Å². The number of aryl methyl sites for hydroxylation is 1. The van der Waals surface area contributed by atoms with Gasteiger partial charge in [0.25, 0.3) is 0 Å². The number of nitrogens with zero attached hydrogens (tertiary/aromatic N) is 3. The molecule has 7 nitrogen and oxygen atoms in total. The quantitative estimate of drug-likeness (QED) is 0.475. The Kier molecular flexibility index (Phi) is 4.16. The van der Waals surface area contributed by atoms with E-state index in [-0.39, 0.29) is 17.5 Å². The lowest BCUT2D eigenvalue weighted by atomic mass is 10.2. The Morgan fingerprint density at radius 2 is 2.35 bits per heavy atom. The molecule has 0 aliphatic carbocycles. The van der Waals surface area contributed by atoms with Crippen molar-refractivity contribution in [3.63, 3.8) is 0 Å². The lowest BCUT2D eigenvalue weighted by Gasteiger charge is -2.23. The summed E-state index contributed by atoms with van der Waals surface area (Å²) in [5.74, 6) is -0.0897. The van der Waals surface area contributed by atoms with Crippen molar-refractivity contribution in [2.24, 2.45) is 0 Å². The number of carbonyl (C=O) groups excluding carboxylic acids is 1. The summed E-state index contributed by atoms with van der Waals surface area (Å²) in [6, 6.07) is 2.54. The van der Waals surface area contributed by atoms with Crippen molar-refractivity contribution in [1.82, 2.24) is 4.98 Å². The van der Waals surface area contributed by atoms with E-state index in [1.54, 1.807) is 24.8 Å². The van der Waals surface area contributed by atoms with Gasteiger partial charge in [0.1, 0.15) is 6.04 Å². The van der Waals surface area contributed by atoms with E-state index in [0.717, 1.165) is 6.42 Å². The minimum absolute atomic E-state index is 0.0770. The molecular formula is C13H17N3O4. The van der Waals surface area contributed by atoms with E-state index in [1.807, 2.05) is 0 Å². The van der Waals surface area contributed by atoms with Gasteiger partial charge in [-0.05, 0) is 32.8 Å². The van der Waals surface area contributed by atoms with Crippen LogP contribution >= 0.6 is 0 Å². The molecule has 0 radical (unpaired) electrons. The second-order valence-corrected chi connectivity index (χ2v) is 4.66. The number of carbonyl (C=O) groups is 1. The van der Waals surface area contributed by atoms with Gasteiger partial charge in [0, 0.05) is 18.3 Å². The van der Waals surface area contributed by atoms with Crippen LogP contribution in [0.4, 0.5) is 11.5 Å². The Balaban J connectivity index is 2.36. The molecule has 1 unspecified atom stereocenters. The van der Waals surface area contributed by atoms with Crippen molar-refractivity contribution >= 4 is 17.5 Å². The van der Waals surface area contributed by atoms with Gasteiger partial charge < -0.3 is 9.64 Å². The molecule has 0 bridgehead atoms. The largest absolute Gasteiger partial charge is 0.464 e. The Hall–Kier alpha value is -2.18. The maximum atomic E-state index is 11.9. The van der Waals surface area contributed by atoms with Crippen LogP contribution in [0.2, 0.25) is 0 Å². The summed E-state index contributed by atoms with van der Waals surface area (Å²) in [7, 11) is 0. The molecule has 0 spiro atoms. The summed E-state index contributed by atoms with van der Waals surface area (Å²) in [5.41, 5.74) is 0.604. The standard InChI is InChI=1S/C13H17N3O4/c1-3-20-13(17)11-5-4-8-15(11)12-10(16(18)19)7-6-9(2)14-12/h6-7,11H,3-5,8H2,1-2H3. The van der Waals surface area contributed by atoms with Crippen molar-refractivity contribution in [2.75, 3.05) is 18.1 Å². The molecule has 1 saturated heterocycles. The molecule has 1 aliphatic rings. The average molecular weight is 279 g/mol. The third kappa shape index (κ3) is 2.71. The number of hydrogen-bond acceptors (Lipinski definition) is 6. The van der Waals surface area contributed by atoms with E-state index >= 15 is 0 Å². The molecule has 2 rings (SSSR count). The normalized spacial score (nSPS) is 18.1. The summed E-state index contributed by atoms with van der Waals surface area (Å²) < 4.78 is 5.03.